The summed E-state index contributed by atoms with van der Waals surface area (Å²) in [6, 6.07) is 12.9. The normalized spacial score (nSPS) is 20.0. The molecular weight excluding hydrogens is 360 g/mol. The van der Waals surface area contributed by atoms with Gasteiger partial charge in [-0.3, -0.25) is 9.69 Å². The largest absolute Gasteiger partial charge is 0.468 e. The van der Waals surface area contributed by atoms with Crippen LogP contribution in [0.2, 0.25) is 0 Å². The molecule has 0 spiro atoms. The van der Waals surface area contributed by atoms with E-state index in [2.05, 4.69) is 54.8 Å². The first kappa shape index (κ1) is 21.6. The number of hydrogen-bond donors (Lipinski definition) is 0. The standard InChI is InChI=1S/C25H36N2O2/c1-18(2)13-27(25(28)19(3)4)15-22-14-26(16-23-7-6-12-29-23)17-24(22)21-10-8-20(5)9-11-21/h6-12,18-19,22,24H,13-17H2,1-5H3/t22-,24-/m1/s1. The van der Waals surface area contributed by atoms with Crippen molar-refractivity contribution < 1.29 is 9.21 Å². The van der Waals surface area contributed by atoms with Crippen LogP contribution in [-0.4, -0.2) is 41.9 Å². The second-order valence-corrected chi connectivity index (χ2v) is 9.34. The van der Waals surface area contributed by atoms with Crippen LogP contribution in [0.4, 0.5) is 0 Å². The lowest BCUT2D eigenvalue weighted by Gasteiger charge is -2.31. The van der Waals surface area contributed by atoms with E-state index in [4.69, 9.17) is 4.42 Å². The van der Waals surface area contributed by atoms with Crippen LogP contribution in [0.1, 0.15) is 50.5 Å². The summed E-state index contributed by atoms with van der Waals surface area (Å²) in [5.74, 6) is 2.63. The molecule has 0 saturated carbocycles. The summed E-state index contributed by atoms with van der Waals surface area (Å²) in [5, 5.41) is 0. The second kappa shape index (κ2) is 9.62. The highest BCUT2D eigenvalue weighted by molar-refractivity contribution is 5.78. The van der Waals surface area contributed by atoms with Gasteiger partial charge >= 0.3 is 0 Å². The predicted molar refractivity (Wildman–Crippen MR) is 118 cm³/mol. The number of carbonyl (C=O) groups excluding carboxylic acids is 1. The maximum Gasteiger partial charge on any atom is 0.225 e. The van der Waals surface area contributed by atoms with Gasteiger partial charge in [0.1, 0.15) is 5.76 Å². The first-order chi connectivity index (χ1) is 13.8. The van der Waals surface area contributed by atoms with E-state index in [0.717, 1.165) is 38.5 Å². The summed E-state index contributed by atoms with van der Waals surface area (Å²) >= 11 is 0. The van der Waals surface area contributed by atoms with E-state index in [1.54, 1.807) is 6.26 Å². The Morgan fingerprint density at radius 1 is 1.14 bits per heavy atom. The fourth-order valence-electron chi connectivity index (χ4n) is 4.43. The molecule has 1 amide bonds. The number of aryl methyl sites for hydroxylation is 1. The number of carbonyl (C=O) groups is 1. The SMILES string of the molecule is Cc1ccc([C@H]2CN(Cc3ccco3)C[C@@H]2CN(CC(C)C)C(=O)C(C)C)cc1. The molecule has 3 rings (SSSR count). The minimum atomic E-state index is 0.0344. The molecule has 1 aromatic heterocycles. The average molecular weight is 397 g/mol. The quantitative estimate of drug-likeness (QED) is 0.634. The molecular formula is C25H36N2O2. The summed E-state index contributed by atoms with van der Waals surface area (Å²) in [6.45, 7) is 15.0. The molecule has 0 unspecified atom stereocenters. The fourth-order valence-corrected chi connectivity index (χ4v) is 4.43. The Kier molecular flexibility index (Phi) is 7.18. The predicted octanol–water partition coefficient (Wildman–Crippen LogP) is 4.94. The van der Waals surface area contributed by atoms with E-state index in [-0.39, 0.29) is 11.8 Å². The van der Waals surface area contributed by atoms with Gasteiger partial charge in [0.2, 0.25) is 5.91 Å². The van der Waals surface area contributed by atoms with Crippen LogP contribution in [-0.2, 0) is 11.3 Å². The molecule has 158 valence electrons. The number of nitrogens with zero attached hydrogens (tertiary/aromatic N) is 2. The Morgan fingerprint density at radius 2 is 1.86 bits per heavy atom. The molecule has 0 N–H and O–H groups in total. The highest BCUT2D eigenvalue weighted by atomic mass is 16.3. The molecule has 2 atom stereocenters. The van der Waals surface area contributed by atoms with Crippen LogP contribution in [0.3, 0.4) is 0 Å². The third-order valence-corrected chi connectivity index (χ3v) is 5.83. The van der Waals surface area contributed by atoms with Crippen molar-refractivity contribution in [3.8, 4) is 0 Å². The van der Waals surface area contributed by atoms with Crippen molar-refractivity contribution in [3.63, 3.8) is 0 Å². The molecule has 1 aliphatic heterocycles. The third-order valence-electron chi connectivity index (χ3n) is 5.83. The second-order valence-electron chi connectivity index (χ2n) is 9.34. The molecule has 1 saturated heterocycles. The minimum Gasteiger partial charge on any atom is -0.468 e. The maximum atomic E-state index is 12.9. The maximum absolute atomic E-state index is 12.9. The van der Waals surface area contributed by atoms with Gasteiger partial charge in [-0.25, -0.2) is 0 Å². The van der Waals surface area contributed by atoms with Crippen molar-refractivity contribution in [1.82, 2.24) is 9.80 Å². The number of amides is 1. The van der Waals surface area contributed by atoms with Gasteiger partial charge in [0.25, 0.3) is 0 Å². The van der Waals surface area contributed by atoms with Crippen molar-refractivity contribution in [2.45, 2.75) is 47.1 Å². The van der Waals surface area contributed by atoms with Gasteiger partial charge in [-0.1, -0.05) is 57.5 Å². The molecule has 1 aromatic carbocycles. The fraction of sp³-hybridized carbons (Fsp3) is 0.560. The minimum absolute atomic E-state index is 0.0344. The van der Waals surface area contributed by atoms with E-state index in [1.807, 2.05) is 26.0 Å². The molecule has 4 heteroatoms. The van der Waals surface area contributed by atoms with Crippen LogP contribution in [0.25, 0.3) is 0 Å². The van der Waals surface area contributed by atoms with Crippen molar-refractivity contribution in [2.75, 3.05) is 26.2 Å². The van der Waals surface area contributed by atoms with Crippen molar-refractivity contribution in [2.24, 2.45) is 17.8 Å². The van der Waals surface area contributed by atoms with E-state index in [1.165, 1.54) is 11.1 Å². The molecule has 29 heavy (non-hydrogen) atoms. The van der Waals surface area contributed by atoms with Gasteiger partial charge in [-0.2, -0.15) is 0 Å². The molecule has 2 aromatic rings. The van der Waals surface area contributed by atoms with E-state index < -0.39 is 0 Å². The van der Waals surface area contributed by atoms with Gasteiger partial charge < -0.3 is 9.32 Å². The lowest BCUT2D eigenvalue weighted by Crippen LogP contribution is -2.41. The van der Waals surface area contributed by atoms with Crippen LogP contribution in [0, 0.1) is 24.7 Å². The molecule has 1 fully saturated rings. The molecule has 0 bridgehead atoms. The Hall–Kier alpha value is -2.07. The smallest absolute Gasteiger partial charge is 0.225 e. The lowest BCUT2D eigenvalue weighted by atomic mass is 9.88. The first-order valence-electron chi connectivity index (χ1n) is 10.9. The summed E-state index contributed by atoms with van der Waals surface area (Å²) in [4.78, 5) is 17.5. The van der Waals surface area contributed by atoms with E-state index >= 15 is 0 Å². The number of furan rings is 1. The number of benzene rings is 1. The summed E-state index contributed by atoms with van der Waals surface area (Å²) < 4.78 is 5.58. The first-order valence-corrected chi connectivity index (χ1v) is 10.9. The van der Waals surface area contributed by atoms with Crippen molar-refractivity contribution in [1.29, 1.82) is 0 Å². The monoisotopic (exact) mass is 396 g/mol. The molecule has 2 heterocycles. The van der Waals surface area contributed by atoms with Crippen molar-refractivity contribution in [3.05, 3.63) is 59.5 Å². The van der Waals surface area contributed by atoms with Gasteiger partial charge in [0.15, 0.2) is 0 Å². The highest BCUT2D eigenvalue weighted by Crippen LogP contribution is 2.34. The van der Waals surface area contributed by atoms with E-state index in [0.29, 0.717) is 17.8 Å². The Labute approximate surface area is 175 Å². The van der Waals surface area contributed by atoms with Crippen LogP contribution in [0.15, 0.2) is 47.1 Å². The average Bonchev–Trinajstić information content (AvgIpc) is 3.31. The van der Waals surface area contributed by atoms with Crippen LogP contribution in [0.5, 0.6) is 0 Å². The van der Waals surface area contributed by atoms with Crippen molar-refractivity contribution >= 4 is 5.91 Å². The number of hydrogen-bond acceptors (Lipinski definition) is 3. The third kappa shape index (κ3) is 5.72. The topological polar surface area (TPSA) is 36.7 Å². The van der Waals surface area contributed by atoms with Gasteiger partial charge in [-0.15, -0.1) is 0 Å². The molecule has 1 aliphatic rings. The zero-order chi connectivity index (χ0) is 21.0. The highest BCUT2D eigenvalue weighted by Gasteiger charge is 2.36. The van der Waals surface area contributed by atoms with Gasteiger partial charge in [-0.05, 0) is 36.5 Å². The summed E-state index contributed by atoms with van der Waals surface area (Å²) in [6.07, 6.45) is 1.74. The van der Waals surface area contributed by atoms with Crippen LogP contribution < -0.4 is 0 Å². The van der Waals surface area contributed by atoms with E-state index in [9.17, 15) is 4.79 Å². The Morgan fingerprint density at radius 3 is 2.45 bits per heavy atom. The molecule has 0 radical (unpaired) electrons. The number of likely N-dealkylation sites (tertiary alicyclic amines) is 1. The van der Waals surface area contributed by atoms with Crippen LogP contribution >= 0.6 is 0 Å². The van der Waals surface area contributed by atoms with Gasteiger partial charge in [0, 0.05) is 38.0 Å². The lowest BCUT2D eigenvalue weighted by molar-refractivity contribution is -0.135. The Bertz CT molecular complexity index is 765. The number of rotatable bonds is 8. The molecule has 4 nitrogen and oxygen atoms in total. The zero-order valence-corrected chi connectivity index (χ0v) is 18.6. The van der Waals surface area contributed by atoms with Gasteiger partial charge in [0.05, 0.1) is 12.8 Å². The Balaban J connectivity index is 1.80. The molecule has 0 aliphatic carbocycles. The summed E-state index contributed by atoms with van der Waals surface area (Å²) in [7, 11) is 0. The zero-order valence-electron chi connectivity index (χ0n) is 18.6. The summed E-state index contributed by atoms with van der Waals surface area (Å²) in [5.41, 5.74) is 2.66.